The Labute approximate surface area is 122 Å². The predicted molar refractivity (Wildman–Crippen MR) is 82.8 cm³/mol. The first-order valence-corrected chi connectivity index (χ1v) is 6.43. The van der Waals surface area contributed by atoms with Gasteiger partial charge in [-0.3, -0.25) is 4.79 Å². The summed E-state index contributed by atoms with van der Waals surface area (Å²) in [5.74, 6) is -0.0960. The molecule has 1 amide bonds. The van der Waals surface area contributed by atoms with E-state index in [0.717, 1.165) is 6.42 Å². The number of benzene rings is 1. The second kappa shape index (κ2) is 7.51. The number of halogens is 1. The van der Waals surface area contributed by atoms with Gasteiger partial charge >= 0.3 is 0 Å². The molecular weight excluding hydrogens is 260 g/mol. The van der Waals surface area contributed by atoms with E-state index in [9.17, 15) is 4.79 Å². The monoisotopic (exact) mass is 284 g/mol. The Hall–Kier alpha value is -1.06. The third-order valence-electron chi connectivity index (χ3n) is 2.95. The number of amides is 1. The largest absolute Gasteiger partial charge is 0.354 e. The van der Waals surface area contributed by atoms with Crippen molar-refractivity contribution in [2.45, 2.75) is 45.6 Å². The molecule has 108 valence electrons. The van der Waals surface area contributed by atoms with Crippen molar-refractivity contribution >= 4 is 18.3 Å². The summed E-state index contributed by atoms with van der Waals surface area (Å²) in [7, 11) is 0. The lowest BCUT2D eigenvalue weighted by Gasteiger charge is -2.19. The van der Waals surface area contributed by atoms with Crippen LogP contribution in [0.3, 0.4) is 0 Å². The number of hydrogen-bond donors (Lipinski definition) is 2. The van der Waals surface area contributed by atoms with E-state index in [1.54, 1.807) is 6.92 Å². The van der Waals surface area contributed by atoms with E-state index in [4.69, 9.17) is 5.73 Å². The Bertz CT molecular complexity index is 394. The Morgan fingerprint density at radius 3 is 2.21 bits per heavy atom. The summed E-state index contributed by atoms with van der Waals surface area (Å²) in [5.41, 5.74) is 8.21. The normalized spacial score (nSPS) is 12.5. The summed E-state index contributed by atoms with van der Waals surface area (Å²) in [5, 5.41) is 2.81. The maximum atomic E-state index is 11.3. The predicted octanol–water partition coefficient (Wildman–Crippen LogP) is 2.41. The van der Waals surface area contributed by atoms with E-state index in [1.165, 1.54) is 11.1 Å². The van der Waals surface area contributed by atoms with E-state index in [2.05, 4.69) is 50.4 Å². The Morgan fingerprint density at radius 1 is 1.26 bits per heavy atom. The minimum absolute atomic E-state index is 0. The zero-order valence-corrected chi connectivity index (χ0v) is 13.0. The number of carbonyl (C=O) groups is 1. The molecule has 0 radical (unpaired) electrons. The molecule has 1 atom stereocenters. The van der Waals surface area contributed by atoms with Crippen molar-refractivity contribution in [2.24, 2.45) is 5.73 Å². The van der Waals surface area contributed by atoms with Crippen LogP contribution in [0.25, 0.3) is 0 Å². The Morgan fingerprint density at radius 2 is 1.79 bits per heavy atom. The first kappa shape index (κ1) is 17.9. The summed E-state index contributed by atoms with van der Waals surface area (Å²) >= 11 is 0. The molecule has 1 rings (SSSR count). The lowest BCUT2D eigenvalue weighted by Crippen LogP contribution is -2.39. The van der Waals surface area contributed by atoms with Gasteiger partial charge in [0.25, 0.3) is 0 Å². The van der Waals surface area contributed by atoms with Gasteiger partial charge in [0.1, 0.15) is 0 Å². The number of nitrogens with two attached hydrogens (primary N) is 1. The van der Waals surface area contributed by atoms with Crippen LogP contribution < -0.4 is 11.1 Å². The van der Waals surface area contributed by atoms with E-state index in [0.29, 0.717) is 6.54 Å². The molecule has 0 unspecified atom stereocenters. The molecular formula is C15H25ClN2O. The molecule has 0 spiro atoms. The number of nitrogens with one attached hydrogen (secondary N) is 1. The Balaban J connectivity index is 0.00000324. The zero-order chi connectivity index (χ0) is 13.8. The molecule has 0 aliphatic carbocycles. The smallest absolute Gasteiger partial charge is 0.236 e. The summed E-state index contributed by atoms with van der Waals surface area (Å²) in [6.07, 6.45) is 0.836. The van der Waals surface area contributed by atoms with Gasteiger partial charge in [-0.1, -0.05) is 45.0 Å². The average Bonchev–Trinajstić information content (AvgIpc) is 2.28. The van der Waals surface area contributed by atoms with Crippen LogP contribution in [-0.2, 0) is 16.6 Å². The molecule has 19 heavy (non-hydrogen) atoms. The second-order valence-corrected chi connectivity index (χ2v) is 5.78. The van der Waals surface area contributed by atoms with Crippen molar-refractivity contribution < 1.29 is 4.79 Å². The van der Waals surface area contributed by atoms with Crippen molar-refractivity contribution in [3.63, 3.8) is 0 Å². The van der Waals surface area contributed by atoms with Crippen LogP contribution in [0.1, 0.15) is 38.8 Å². The topological polar surface area (TPSA) is 55.1 Å². The van der Waals surface area contributed by atoms with Crippen LogP contribution in [0.15, 0.2) is 24.3 Å². The molecule has 0 saturated carbocycles. The summed E-state index contributed by atoms with van der Waals surface area (Å²) in [6, 6.07) is 8.12. The van der Waals surface area contributed by atoms with Crippen molar-refractivity contribution in [2.75, 3.05) is 6.54 Å². The molecule has 0 aromatic heterocycles. The fraction of sp³-hybridized carbons (Fsp3) is 0.533. The minimum Gasteiger partial charge on any atom is -0.354 e. The van der Waals surface area contributed by atoms with Crippen LogP contribution in [0.5, 0.6) is 0 Å². The molecule has 0 saturated heterocycles. The number of rotatable bonds is 4. The maximum Gasteiger partial charge on any atom is 0.236 e. The summed E-state index contributed by atoms with van der Waals surface area (Å²) in [4.78, 5) is 11.3. The molecule has 1 aromatic carbocycles. The third kappa shape index (κ3) is 6.08. The number of hydrogen-bond acceptors (Lipinski definition) is 2. The van der Waals surface area contributed by atoms with Gasteiger partial charge < -0.3 is 11.1 Å². The molecule has 0 aliphatic rings. The van der Waals surface area contributed by atoms with Gasteiger partial charge in [0.2, 0.25) is 5.91 Å². The van der Waals surface area contributed by atoms with Crippen LogP contribution in [0.2, 0.25) is 0 Å². The average molecular weight is 285 g/mol. The standard InChI is InChI=1S/C15H24N2O.ClH/c1-11(16)14(18)17-10-9-12-5-7-13(8-6-12)15(2,3)4;/h5-8,11H,9-10,16H2,1-4H3,(H,17,18);1H/t11-;/m1./s1. The van der Waals surface area contributed by atoms with Crippen LogP contribution >= 0.6 is 12.4 Å². The fourth-order valence-corrected chi connectivity index (χ4v) is 1.66. The highest BCUT2D eigenvalue weighted by Crippen LogP contribution is 2.22. The van der Waals surface area contributed by atoms with E-state index in [1.807, 2.05) is 0 Å². The molecule has 0 bridgehead atoms. The third-order valence-corrected chi connectivity index (χ3v) is 2.95. The molecule has 3 nitrogen and oxygen atoms in total. The Kier molecular flexibility index (Phi) is 7.09. The van der Waals surface area contributed by atoms with Crippen LogP contribution in [0, 0.1) is 0 Å². The first-order chi connectivity index (χ1) is 8.30. The minimum atomic E-state index is -0.437. The molecule has 0 fully saturated rings. The molecule has 1 aromatic rings. The fourth-order valence-electron chi connectivity index (χ4n) is 1.66. The highest BCUT2D eigenvalue weighted by atomic mass is 35.5. The highest BCUT2D eigenvalue weighted by molar-refractivity contribution is 5.85. The lowest BCUT2D eigenvalue weighted by molar-refractivity contribution is -0.121. The number of carbonyl (C=O) groups excluding carboxylic acids is 1. The van der Waals surface area contributed by atoms with Crippen LogP contribution in [-0.4, -0.2) is 18.5 Å². The van der Waals surface area contributed by atoms with Crippen molar-refractivity contribution in [3.8, 4) is 0 Å². The van der Waals surface area contributed by atoms with Gasteiger partial charge in [-0.05, 0) is 29.9 Å². The molecule has 0 aliphatic heterocycles. The van der Waals surface area contributed by atoms with Gasteiger partial charge in [-0.25, -0.2) is 0 Å². The first-order valence-electron chi connectivity index (χ1n) is 6.43. The van der Waals surface area contributed by atoms with Crippen molar-refractivity contribution in [3.05, 3.63) is 35.4 Å². The van der Waals surface area contributed by atoms with Crippen molar-refractivity contribution in [1.29, 1.82) is 0 Å². The van der Waals surface area contributed by atoms with Gasteiger partial charge in [0.15, 0.2) is 0 Å². The molecule has 3 N–H and O–H groups in total. The van der Waals surface area contributed by atoms with Gasteiger partial charge in [-0.15, -0.1) is 12.4 Å². The van der Waals surface area contributed by atoms with E-state index >= 15 is 0 Å². The van der Waals surface area contributed by atoms with Gasteiger partial charge in [0.05, 0.1) is 6.04 Å². The van der Waals surface area contributed by atoms with E-state index in [-0.39, 0.29) is 23.7 Å². The molecule has 0 heterocycles. The maximum absolute atomic E-state index is 11.3. The summed E-state index contributed by atoms with van der Waals surface area (Å²) in [6.45, 7) is 8.92. The quantitative estimate of drug-likeness (QED) is 0.892. The van der Waals surface area contributed by atoms with Gasteiger partial charge in [-0.2, -0.15) is 0 Å². The lowest BCUT2D eigenvalue weighted by atomic mass is 9.86. The van der Waals surface area contributed by atoms with E-state index < -0.39 is 6.04 Å². The highest BCUT2D eigenvalue weighted by Gasteiger charge is 2.12. The second-order valence-electron chi connectivity index (χ2n) is 5.78. The molecule has 4 heteroatoms. The van der Waals surface area contributed by atoms with Crippen molar-refractivity contribution in [1.82, 2.24) is 5.32 Å². The zero-order valence-electron chi connectivity index (χ0n) is 12.2. The SMILES string of the molecule is C[C@@H](N)C(=O)NCCc1ccc(C(C)(C)C)cc1.Cl. The van der Waals surface area contributed by atoms with Crippen LogP contribution in [0.4, 0.5) is 0 Å². The van der Waals surface area contributed by atoms with Gasteiger partial charge in [0, 0.05) is 6.54 Å². The summed E-state index contributed by atoms with van der Waals surface area (Å²) < 4.78 is 0.